The van der Waals surface area contributed by atoms with E-state index in [4.69, 9.17) is 4.74 Å². The number of carbonyl (C=O) groups excluding carboxylic acids is 4. The Balaban J connectivity index is 1.41. The SMILES string of the molecule is COCC(=O)N[C@H](Cc1ccc(F)cc1)C(=O)N1CCN([C@@H](Cc2ccc3ccccc3c2)C(=O)NC(C)C)C(=O)[C@@H]1CC1CC1. The zero-order valence-corrected chi connectivity index (χ0v) is 26.7. The Hall–Kier alpha value is -4.31. The third-order valence-corrected chi connectivity index (χ3v) is 8.68. The predicted octanol–water partition coefficient (Wildman–Crippen LogP) is 3.63. The van der Waals surface area contributed by atoms with Crippen LogP contribution < -0.4 is 10.6 Å². The van der Waals surface area contributed by atoms with Crippen LogP contribution >= 0.6 is 0 Å². The van der Waals surface area contributed by atoms with E-state index in [2.05, 4.69) is 16.7 Å². The number of hydrogen-bond acceptors (Lipinski definition) is 5. The first-order valence-electron chi connectivity index (χ1n) is 16.0. The standard InChI is InChI=1S/C36H43FN4O5/c1-23(2)38-34(43)31(21-26-10-13-27-6-4-5-7-28(27)18-26)40-16-17-41(32(36(40)45)20-25-8-9-25)35(44)30(39-33(42)22-46-3)19-24-11-14-29(37)15-12-24/h4-7,10-15,18,23,25,30-32H,8-9,16-17,19-22H2,1-3H3,(H,38,43)(H,39,42)/t30-,31+,32+/m1/s1. The van der Waals surface area contributed by atoms with Crippen LogP contribution in [0.5, 0.6) is 0 Å². The van der Waals surface area contributed by atoms with E-state index >= 15 is 0 Å². The van der Waals surface area contributed by atoms with Crippen molar-refractivity contribution in [3.63, 3.8) is 0 Å². The van der Waals surface area contributed by atoms with Crippen molar-refractivity contribution in [1.82, 2.24) is 20.4 Å². The minimum Gasteiger partial charge on any atom is -0.375 e. The Bertz CT molecular complexity index is 1560. The quantitative estimate of drug-likeness (QED) is 0.300. The monoisotopic (exact) mass is 630 g/mol. The summed E-state index contributed by atoms with van der Waals surface area (Å²) in [6.07, 6.45) is 2.90. The molecule has 4 amide bonds. The van der Waals surface area contributed by atoms with E-state index in [1.807, 2.05) is 50.2 Å². The van der Waals surface area contributed by atoms with Crippen molar-refractivity contribution in [2.75, 3.05) is 26.8 Å². The molecule has 1 aliphatic heterocycles. The number of piperazine rings is 1. The van der Waals surface area contributed by atoms with Crippen molar-refractivity contribution in [2.45, 2.75) is 70.1 Å². The minimum atomic E-state index is -0.980. The lowest BCUT2D eigenvalue weighted by atomic mass is 9.96. The topological polar surface area (TPSA) is 108 Å². The molecule has 3 aromatic rings. The summed E-state index contributed by atoms with van der Waals surface area (Å²) in [5, 5.41) is 7.92. The summed E-state index contributed by atoms with van der Waals surface area (Å²) in [6, 6.07) is 17.2. The van der Waals surface area contributed by atoms with E-state index in [0.29, 0.717) is 24.3 Å². The third-order valence-electron chi connectivity index (χ3n) is 8.68. The maximum Gasteiger partial charge on any atom is 0.246 e. The molecule has 9 nitrogen and oxygen atoms in total. The molecule has 244 valence electrons. The Morgan fingerprint density at radius 3 is 2.28 bits per heavy atom. The van der Waals surface area contributed by atoms with Gasteiger partial charge in [-0.25, -0.2) is 4.39 Å². The molecule has 1 heterocycles. The molecule has 0 radical (unpaired) electrons. The van der Waals surface area contributed by atoms with Crippen LogP contribution in [0.3, 0.4) is 0 Å². The van der Waals surface area contributed by atoms with Crippen LogP contribution in [0.1, 0.15) is 44.2 Å². The molecule has 1 saturated heterocycles. The number of ether oxygens (including phenoxy) is 1. The van der Waals surface area contributed by atoms with Crippen molar-refractivity contribution in [1.29, 1.82) is 0 Å². The highest BCUT2D eigenvalue weighted by atomic mass is 19.1. The molecular formula is C36H43FN4O5. The van der Waals surface area contributed by atoms with E-state index in [-0.39, 0.29) is 49.9 Å². The van der Waals surface area contributed by atoms with E-state index in [9.17, 15) is 23.6 Å². The maximum absolute atomic E-state index is 14.4. The molecule has 1 saturated carbocycles. The first-order chi connectivity index (χ1) is 22.1. The number of amides is 4. The average Bonchev–Trinajstić information content (AvgIpc) is 3.85. The maximum atomic E-state index is 14.4. The number of fused-ring (bicyclic) bond motifs is 1. The zero-order chi connectivity index (χ0) is 32.8. The van der Waals surface area contributed by atoms with Crippen molar-refractivity contribution in [3.8, 4) is 0 Å². The summed E-state index contributed by atoms with van der Waals surface area (Å²) in [7, 11) is 1.39. The van der Waals surface area contributed by atoms with Gasteiger partial charge in [0.15, 0.2) is 0 Å². The van der Waals surface area contributed by atoms with Crippen molar-refractivity contribution in [2.24, 2.45) is 5.92 Å². The average molecular weight is 631 g/mol. The molecule has 3 aromatic carbocycles. The molecule has 2 aliphatic rings. The van der Waals surface area contributed by atoms with Gasteiger partial charge in [-0.05, 0) is 60.2 Å². The van der Waals surface area contributed by atoms with Gasteiger partial charge in [0.2, 0.25) is 23.6 Å². The Morgan fingerprint density at radius 1 is 0.913 bits per heavy atom. The molecule has 2 N–H and O–H groups in total. The minimum absolute atomic E-state index is 0.116. The molecule has 1 aliphatic carbocycles. The highest BCUT2D eigenvalue weighted by Crippen LogP contribution is 2.36. The van der Waals surface area contributed by atoms with Gasteiger partial charge in [-0.1, -0.05) is 67.4 Å². The lowest BCUT2D eigenvalue weighted by Gasteiger charge is -2.44. The van der Waals surface area contributed by atoms with Crippen LogP contribution in [0.2, 0.25) is 0 Å². The van der Waals surface area contributed by atoms with Gasteiger partial charge in [-0.15, -0.1) is 0 Å². The van der Waals surface area contributed by atoms with Crippen molar-refractivity contribution >= 4 is 34.4 Å². The van der Waals surface area contributed by atoms with Crippen LogP contribution in [-0.4, -0.2) is 84.4 Å². The second-order valence-corrected chi connectivity index (χ2v) is 12.7. The van der Waals surface area contributed by atoms with Gasteiger partial charge in [0.1, 0.15) is 30.5 Å². The van der Waals surface area contributed by atoms with Gasteiger partial charge in [-0.2, -0.15) is 0 Å². The molecule has 0 spiro atoms. The number of nitrogens with one attached hydrogen (secondary N) is 2. The zero-order valence-electron chi connectivity index (χ0n) is 26.7. The summed E-state index contributed by atoms with van der Waals surface area (Å²) in [5.41, 5.74) is 1.61. The normalized spacial score (nSPS) is 18.0. The molecule has 2 fully saturated rings. The highest BCUT2D eigenvalue weighted by Gasteiger charge is 2.45. The summed E-state index contributed by atoms with van der Waals surface area (Å²) in [6.45, 7) is 3.93. The second kappa shape index (κ2) is 14.9. The fourth-order valence-electron chi connectivity index (χ4n) is 6.21. The summed E-state index contributed by atoms with van der Waals surface area (Å²) < 4.78 is 18.6. The van der Waals surface area contributed by atoms with Gasteiger partial charge in [0.25, 0.3) is 0 Å². The molecule has 5 rings (SSSR count). The lowest BCUT2D eigenvalue weighted by molar-refractivity contribution is -0.157. The molecular weight excluding hydrogens is 587 g/mol. The molecule has 3 atom stereocenters. The van der Waals surface area contributed by atoms with Crippen molar-refractivity contribution < 1.29 is 28.3 Å². The fraction of sp³-hybridized carbons (Fsp3) is 0.444. The van der Waals surface area contributed by atoms with E-state index in [1.54, 1.807) is 21.9 Å². The van der Waals surface area contributed by atoms with Crippen LogP contribution in [0.15, 0.2) is 66.7 Å². The summed E-state index contributed by atoms with van der Waals surface area (Å²) in [5.74, 6) is -1.44. The number of carbonyl (C=O) groups is 4. The molecule has 0 aromatic heterocycles. The van der Waals surface area contributed by atoms with Gasteiger partial charge in [-0.3, -0.25) is 19.2 Å². The van der Waals surface area contributed by atoms with Crippen LogP contribution in [0.25, 0.3) is 10.8 Å². The molecule has 46 heavy (non-hydrogen) atoms. The number of rotatable bonds is 13. The first-order valence-corrected chi connectivity index (χ1v) is 16.0. The largest absolute Gasteiger partial charge is 0.375 e. The number of halogens is 1. The predicted molar refractivity (Wildman–Crippen MR) is 173 cm³/mol. The van der Waals surface area contributed by atoms with Crippen LogP contribution in [0, 0.1) is 11.7 Å². The summed E-state index contributed by atoms with van der Waals surface area (Å²) >= 11 is 0. The fourth-order valence-corrected chi connectivity index (χ4v) is 6.21. The Morgan fingerprint density at radius 2 is 1.61 bits per heavy atom. The first kappa shape index (κ1) is 33.1. The van der Waals surface area contributed by atoms with Crippen molar-refractivity contribution in [3.05, 3.63) is 83.7 Å². The number of hydrogen-bond donors (Lipinski definition) is 2. The van der Waals surface area contributed by atoms with Gasteiger partial charge in [0, 0.05) is 39.1 Å². The lowest BCUT2D eigenvalue weighted by Crippen LogP contribution is -2.66. The van der Waals surface area contributed by atoms with Crippen LogP contribution in [0.4, 0.5) is 4.39 Å². The summed E-state index contributed by atoms with van der Waals surface area (Å²) in [4.78, 5) is 58.0. The van der Waals surface area contributed by atoms with E-state index in [1.165, 1.54) is 19.2 Å². The molecule has 0 bridgehead atoms. The number of benzene rings is 3. The van der Waals surface area contributed by atoms with Crippen LogP contribution in [-0.2, 0) is 36.8 Å². The number of methoxy groups -OCH3 is 1. The van der Waals surface area contributed by atoms with E-state index in [0.717, 1.165) is 29.2 Å². The number of nitrogens with zero attached hydrogens (tertiary/aromatic N) is 2. The Labute approximate surface area is 269 Å². The van der Waals surface area contributed by atoms with Gasteiger partial charge >= 0.3 is 0 Å². The van der Waals surface area contributed by atoms with Gasteiger partial charge < -0.3 is 25.2 Å². The van der Waals surface area contributed by atoms with E-state index < -0.39 is 29.8 Å². The third kappa shape index (κ3) is 8.28. The smallest absolute Gasteiger partial charge is 0.246 e. The molecule has 10 heteroatoms. The highest BCUT2D eigenvalue weighted by molar-refractivity contribution is 5.96. The second-order valence-electron chi connectivity index (χ2n) is 12.7. The Kier molecular flexibility index (Phi) is 10.7. The van der Waals surface area contributed by atoms with Gasteiger partial charge in [0.05, 0.1) is 0 Å². The molecule has 0 unspecified atom stereocenters.